The maximum Gasteiger partial charge on any atom is 0.315 e. The molecule has 0 saturated carbocycles. The second-order valence-electron chi connectivity index (χ2n) is 4.45. The monoisotopic (exact) mass is 303 g/mol. The second-order valence-corrected chi connectivity index (χ2v) is 4.45. The molecule has 0 aliphatic rings. The minimum atomic E-state index is -0.367. The maximum absolute atomic E-state index is 11.6. The molecule has 3 heterocycles. The van der Waals surface area contributed by atoms with Gasteiger partial charge in [-0.2, -0.15) is 4.98 Å². The third-order valence-electron chi connectivity index (χ3n) is 2.73. The smallest absolute Gasteiger partial charge is 0.315 e. The van der Waals surface area contributed by atoms with E-state index >= 15 is 0 Å². The lowest BCUT2D eigenvalue weighted by molar-refractivity contribution is 0.237. The molecule has 2 amide bonds. The number of amides is 2. The maximum atomic E-state index is 11.6. The highest BCUT2D eigenvalue weighted by Gasteiger charge is 2.13. The number of hydrogen-bond donors (Lipinski definition) is 2. The predicted molar refractivity (Wildman–Crippen MR) is 72.3 cm³/mol. The summed E-state index contributed by atoms with van der Waals surface area (Å²) >= 11 is 0. The van der Waals surface area contributed by atoms with Gasteiger partial charge >= 0.3 is 6.03 Å². The molecule has 0 aromatic carbocycles. The van der Waals surface area contributed by atoms with Crippen LogP contribution in [0.2, 0.25) is 0 Å². The fourth-order valence-corrected chi connectivity index (χ4v) is 1.70. The Morgan fingerprint density at radius 1 is 1.23 bits per heavy atom. The van der Waals surface area contributed by atoms with Gasteiger partial charge in [-0.25, -0.2) is 4.79 Å². The summed E-state index contributed by atoms with van der Waals surface area (Å²) in [5, 5.41) is 12.8. The molecule has 2 N–H and O–H groups in total. The first-order valence-electron chi connectivity index (χ1n) is 6.51. The van der Waals surface area contributed by atoms with Crippen LogP contribution in [0.4, 0.5) is 4.79 Å². The number of carbonyl (C=O) groups excluding carboxylic acids is 1. The lowest BCUT2D eigenvalue weighted by atomic mass is 10.4. The molecule has 22 heavy (non-hydrogen) atoms. The van der Waals surface area contributed by atoms with E-state index in [9.17, 15) is 4.79 Å². The van der Waals surface area contributed by atoms with Gasteiger partial charge in [-0.3, -0.25) is 0 Å². The van der Waals surface area contributed by atoms with Crippen molar-refractivity contribution in [1.29, 1.82) is 0 Å². The summed E-state index contributed by atoms with van der Waals surface area (Å²) in [4.78, 5) is 15.7. The van der Waals surface area contributed by atoms with Crippen LogP contribution in [0, 0.1) is 6.92 Å². The van der Waals surface area contributed by atoms with Crippen molar-refractivity contribution in [2.45, 2.75) is 20.0 Å². The zero-order valence-corrected chi connectivity index (χ0v) is 11.7. The quantitative estimate of drug-likeness (QED) is 0.735. The second kappa shape index (κ2) is 6.12. The van der Waals surface area contributed by atoms with E-state index in [1.54, 1.807) is 31.4 Å². The van der Waals surface area contributed by atoms with E-state index < -0.39 is 0 Å². The van der Waals surface area contributed by atoms with E-state index in [-0.39, 0.29) is 18.5 Å². The molecule has 114 valence electrons. The molecule has 0 aliphatic carbocycles. The van der Waals surface area contributed by atoms with Gasteiger partial charge in [0.15, 0.2) is 5.69 Å². The zero-order chi connectivity index (χ0) is 15.4. The number of nitrogens with zero attached hydrogens (tertiary/aromatic N) is 3. The van der Waals surface area contributed by atoms with Crippen LogP contribution >= 0.6 is 0 Å². The average molecular weight is 303 g/mol. The molecular formula is C13H13N5O4. The largest absolute Gasteiger partial charge is 0.467 e. The summed E-state index contributed by atoms with van der Waals surface area (Å²) in [6.45, 7) is 2.17. The SMILES string of the molecule is Cc1cc(-c2noc(CNC(=O)NCc3ccco3)n2)no1. The van der Waals surface area contributed by atoms with Crippen molar-refractivity contribution in [2.75, 3.05) is 0 Å². The van der Waals surface area contributed by atoms with Gasteiger partial charge in [0.05, 0.1) is 19.4 Å². The van der Waals surface area contributed by atoms with Crippen LogP contribution < -0.4 is 10.6 Å². The number of hydrogen-bond acceptors (Lipinski definition) is 7. The van der Waals surface area contributed by atoms with Gasteiger partial charge in [0, 0.05) is 6.07 Å². The van der Waals surface area contributed by atoms with Crippen LogP contribution in [-0.2, 0) is 13.1 Å². The van der Waals surface area contributed by atoms with Crippen molar-refractivity contribution in [1.82, 2.24) is 25.9 Å². The molecular weight excluding hydrogens is 290 g/mol. The van der Waals surface area contributed by atoms with Gasteiger partial charge in [-0.1, -0.05) is 10.3 Å². The topological polar surface area (TPSA) is 119 Å². The van der Waals surface area contributed by atoms with Crippen molar-refractivity contribution < 1.29 is 18.3 Å². The van der Waals surface area contributed by atoms with E-state index in [1.165, 1.54) is 0 Å². The average Bonchev–Trinajstić information content (AvgIpc) is 3.24. The van der Waals surface area contributed by atoms with Crippen molar-refractivity contribution >= 4 is 6.03 Å². The summed E-state index contributed by atoms with van der Waals surface area (Å²) in [5.41, 5.74) is 0.481. The summed E-state index contributed by atoms with van der Waals surface area (Å²) in [6, 6.07) is 4.84. The first-order valence-corrected chi connectivity index (χ1v) is 6.51. The standard InChI is InChI=1S/C13H13N5O4/c1-8-5-10(17-21-8)12-16-11(22-18-12)7-15-13(19)14-6-9-3-2-4-20-9/h2-5H,6-7H2,1H3,(H2,14,15,19). The minimum absolute atomic E-state index is 0.105. The Labute approximate surface area is 124 Å². The molecule has 0 bridgehead atoms. The number of carbonyl (C=O) groups is 1. The van der Waals surface area contributed by atoms with Crippen LogP contribution in [0.5, 0.6) is 0 Å². The molecule has 0 unspecified atom stereocenters. The number of furan rings is 1. The lowest BCUT2D eigenvalue weighted by Crippen LogP contribution is -2.34. The molecule has 9 heteroatoms. The van der Waals surface area contributed by atoms with Crippen molar-refractivity contribution in [2.24, 2.45) is 0 Å². The molecule has 3 aromatic rings. The Hall–Kier alpha value is -3.10. The summed E-state index contributed by atoms with van der Waals surface area (Å²) in [5.74, 6) is 1.89. The number of rotatable bonds is 5. The van der Waals surface area contributed by atoms with E-state index in [2.05, 4.69) is 25.9 Å². The molecule has 0 radical (unpaired) electrons. The van der Waals surface area contributed by atoms with E-state index in [0.717, 1.165) is 0 Å². The van der Waals surface area contributed by atoms with Gasteiger partial charge < -0.3 is 24.1 Å². The Kier molecular flexibility index (Phi) is 3.86. The molecule has 3 aromatic heterocycles. The van der Waals surface area contributed by atoms with Crippen molar-refractivity contribution in [3.05, 3.63) is 41.9 Å². The summed E-state index contributed by atoms with van der Waals surface area (Å²) in [6.07, 6.45) is 1.54. The van der Waals surface area contributed by atoms with Crippen LogP contribution in [0.15, 0.2) is 37.9 Å². The van der Waals surface area contributed by atoms with Gasteiger partial charge in [-0.05, 0) is 19.1 Å². The highest BCUT2D eigenvalue weighted by molar-refractivity contribution is 5.73. The van der Waals surface area contributed by atoms with E-state index in [4.69, 9.17) is 13.5 Å². The first kappa shape index (κ1) is 13.9. The number of aromatic nitrogens is 3. The number of urea groups is 1. The molecule has 0 fully saturated rings. The highest BCUT2D eigenvalue weighted by Crippen LogP contribution is 2.14. The van der Waals surface area contributed by atoms with Crippen LogP contribution in [0.25, 0.3) is 11.5 Å². The summed E-state index contributed by atoms with van der Waals surface area (Å²) < 4.78 is 15.1. The molecule has 0 saturated heterocycles. The van der Waals surface area contributed by atoms with Gasteiger partial charge in [0.1, 0.15) is 11.5 Å². The third-order valence-corrected chi connectivity index (χ3v) is 2.73. The molecule has 3 rings (SSSR count). The first-order chi connectivity index (χ1) is 10.7. The Morgan fingerprint density at radius 2 is 2.09 bits per heavy atom. The van der Waals surface area contributed by atoms with Crippen LogP contribution in [0.3, 0.4) is 0 Å². The fraction of sp³-hybridized carbons (Fsp3) is 0.231. The normalized spacial score (nSPS) is 10.6. The van der Waals surface area contributed by atoms with Crippen molar-refractivity contribution in [3.63, 3.8) is 0 Å². The Bertz CT molecular complexity index is 746. The van der Waals surface area contributed by atoms with E-state index in [0.29, 0.717) is 29.6 Å². The molecule has 9 nitrogen and oxygen atoms in total. The van der Waals surface area contributed by atoms with Gasteiger partial charge in [0.25, 0.3) is 0 Å². The lowest BCUT2D eigenvalue weighted by Gasteiger charge is -2.03. The van der Waals surface area contributed by atoms with Crippen LogP contribution in [0.1, 0.15) is 17.4 Å². The third kappa shape index (κ3) is 3.32. The fourth-order valence-electron chi connectivity index (χ4n) is 1.70. The van der Waals surface area contributed by atoms with Gasteiger partial charge in [-0.15, -0.1) is 0 Å². The van der Waals surface area contributed by atoms with E-state index in [1.807, 2.05) is 0 Å². The van der Waals surface area contributed by atoms with Crippen molar-refractivity contribution in [3.8, 4) is 11.5 Å². The molecule has 0 spiro atoms. The van der Waals surface area contributed by atoms with Gasteiger partial charge in [0.2, 0.25) is 11.7 Å². The summed E-state index contributed by atoms with van der Waals surface area (Å²) in [7, 11) is 0. The predicted octanol–water partition coefficient (Wildman–Crippen LogP) is 1.63. The Balaban J connectivity index is 1.49. The number of nitrogens with one attached hydrogen (secondary N) is 2. The zero-order valence-electron chi connectivity index (χ0n) is 11.7. The Morgan fingerprint density at radius 3 is 2.82 bits per heavy atom. The van der Waals surface area contributed by atoms with Crippen LogP contribution in [-0.4, -0.2) is 21.3 Å². The number of aryl methyl sites for hydroxylation is 1. The molecule has 0 atom stereocenters. The molecule has 0 aliphatic heterocycles. The highest BCUT2D eigenvalue weighted by atomic mass is 16.5. The minimum Gasteiger partial charge on any atom is -0.467 e.